The molecule has 0 spiro atoms. The third-order valence-corrected chi connectivity index (χ3v) is 3.64. The smallest absolute Gasteiger partial charge is 0.0497 e. The summed E-state index contributed by atoms with van der Waals surface area (Å²) in [5.74, 6) is 2.18. The lowest BCUT2D eigenvalue weighted by molar-refractivity contribution is 0.0632. The molecule has 3 unspecified atom stereocenters. The Morgan fingerprint density at radius 2 is 2.07 bits per heavy atom. The van der Waals surface area contributed by atoms with E-state index >= 15 is 0 Å². The molecule has 2 heteroatoms. The molecule has 0 amide bonds. The fourth-order valence-electron chi connectivity index (χ4n) is 2.64. The molecule has 0 radical (unpaired) electrons. The minimum absolute atomic E-state index is 0.715. The van der Waals surface area contributed by atoms with Crippen molar-refractivity contribution in [3.05, 3.63) is 0 Å². The van der Waals surface area contributed by atoms with E-state index in [0.29, 0.717) is 5.92 Å². The van der Waals surface area contributed by atoms with Crippen molar-refractivity contribution in [3.8, 4) is 0 Å². The first-order valence-corrected chi connectivity index (χ1v) is 6.55. The Kier molecular flexibility index (Phi) is 6.26. The minimum atomic E-state index is 0.715. The molecule has 2 N–H and O–H groups in total. The van der Waals surface area contributed by atoms with Gasteiger partial charge in [-0.2, -0.15) is 0 Å². The van der Waals surface area contributed by atoms with Crippen LogP contribution in [-0.2, 0) is 4.74 Å². The highest BCUT2D eigenvalue weighted by Gasteiger charge is 2.25. The standard InChI is InChI=1S/C13H27NO/c1-3-5-11(2)9-15-10-13-7-4-6-12(13)8-14/h11-13H,3-10,14H2,1-2H3. The summed E-state index contributed by atoms with van der Waals surface area (Å²) in [5, 5.41) is 0. The highest BCUT2D eigenvalue weighted by atomic mass is 16.5. The van der Waals surface area contributed by atoms with Gasteiger partial charge in [0.05, 0.1) is 0 Å². The van der Waals surface area contributed by atoms with Crippen molar-refractivity contribution < 1.29 is 4.74 Å². The van der Waals surface area contributed by atoms with E-state index in [1.807, 2.05) is 0 Å². The van der Waals surface area contributed by atoms with E-state index in [1.165, 1.54) is 32.1 Å². The van der Waals surface area contributed by atoms with Gasteiger partial charge in [0.15, 0.2) is 0 Å². The summed E-state index contributed by atoms with van der Waals surface area (Å²) in [7, 11) is 0. The van der Waals surface area contributed by atoms with Crippen LogP contribution in [0.15, 0.2) is 0 Å². The second-order valence-corrected chi connectivity index (χ2v) is 5.12. The number of hydrogen-bond donors (Lipinski definition) is 1. The Balaban J connectivity index is 2.08. The van der Waals surface area contributed by atoms with Gasteiger partial charge in [0.2, 0.25) is 0 Å². The summed E-state index contributed by atoms with van der Waals surface area (Å²) >= 11 is 0. The van der Waals surface area contributed by atoms with Crippen LogP contribution in [0.1, 0.15) is 46.0 Å². The molecular weight excluding hydrogens is 186 g/mol. The molecule has 1 aliphatic rings. The molecule has 0 aromatic heterocycles. The van der Waals surface area contributed by atoms with Crippen molar-refractivity contribution in [1.82, 2.24) is 0 Å². The van der Waals surface area contributed by atoms with Gasteiger partial charge in [-0.15, -0.1) is 0 Å². The first-order chi connectivity index (χ1) is 7.27. The Hall–Kier alpha value is -0.0800. The van der Waals surface area contributed by atoms with E-state index in [-0.39, 0.29) is 0 Å². The maximum atomic E-state index is 5.81. The quantitative estimate of drug-likeness (QED) is 0.706. The summed E-state index contributed by atoms with van der Waals surface area (Å²) in [5.41, 5.74) is 5.75. The van der Waals surface area contributed by atoms with E-state index in [0.717, 1.165) is 31.6 Å². The molecule has 90 valence electrons. The van der Waals surface area contributed by atoms with E-state index in [2.05, 4.69) is 13.8 Å². The zero-order valence-electron chi connectivity index (χ0n) is 10.4. The molecule has 2 nitrogen and oxygen atoms in total. The lowest BCUT2D eigenvalue weighted by Crippen LogP contribution is -2.23. The van der Waals surface area contributed by atoms with E-state index in [4.69, 9.17) is 10.5 Å². The second kappa shape index (κ2) is 7.24. The maximum absolute atomic E-state index is 5.81. The van der Waals surface area contributed by atoms with Gasteiger partial charge >= 0.3 is 0 Å². The molecule has 0 bridgehead atoms. The van der Waals surface area contributed by atoms with Crippen LogP contribution in [0.3, 0.4) is 0 Å². The molecule has 1 rings (SSSR count). The van der Waals surface area contributed by atoms with Crippen LogP contribution in [0.2, 0.25) is 0 Å². The molecule has 0 heterocycles. The van der Waals surface area contributed by atoms with E-state index in [9.17, 15) is 0 Å². The first-order valence-electron chi connectivity index (χ1n) is 6.55. The van der Waals surface area contributed by atoms with Crippen LogP contribution in [0, 0.1) is 17.8 Å². The number of ether oxygens (including phenoxy) is 1. The Morgan fingerprint density at radius 1 is 1.33 bits per heavy atom. The molecule has 0 aromatic rings. The third kappa shape index (κ3) is 4.52. The number of hydrogen-bond acceptors (Lipinski definition) is 2. The van der Waals surface area contributed by atoms with Gasteiger partial charge in [0, 0.05) is 13.2 Å². The maximum Gasteiger partial charge on any atom is 0.0497 e. The molecule has 1 saturated carbocycles. The van der Waals surface area contributed by atoms with Crippen LogP contribution in [-0.4, -0.2) is 19.8 Å². The zero-order valence-corrected chi connectivity index (χ0v) is 10.4. The molecule has 3 atom stereocenters. The summed E-state index contributed by atoms with van der Waals surface area (Å²) in [4.78, 5) is 0. The lowest BCUT2D eigenvalue weighted by atomic mass is 9.97. The Morgan fingerprint density at radius 3 is 2.73 bits per heavy atom. The van der Waals surface area contributed by atoms with Crippen molar-refractivity contribution in [2.75, 3.05) is 19.8 Å². The zero-order chi connectivity index (χ0) is 11.1. The van der Waals surface area contributed by atoms with Crippen LogP contribution in [0.5, 0.6) is 0 Å². The first kappa shape index (κ1) is 13.0. The van der Waals surface area contributed by atoms with Gasteiger partial charge in [-0.05, 0) is 43.6 Å². The fraction of sp³-hybridized carbons (Fsp3) is 1.00. The van der Waals surface area contributed by atoms with Crippen LogP contribution in [0.4, 0.5) is 0 Å². The summed E-state index contributed by atoms with van der Waals surface area (Å²) < 4.78 is 5.81. The monoisotopic (exact) mass is 213 g/mol. The highest BCUT2D eigenvalue weighted by Crippen LogP contribution is 2.31. The van der Waals surface area contributed by atoms with Crippen molar-refractivity contribution in [2.24, 2.45) is 23.5 Å². The molecule has 1 fully saturated rings. The van der Waals surface area contributed by atoms with Crippen LogP contribution in [0.25, 0.3) is 0 Å². The molecule has 1 aliphatic carbocycles. The van der Waals surface area contributed by atoms with Gasteiger partial charge < -0.3 is 10.5 Å². The minimum Gasteiger partial charge on any atom is -0.381 e. The number of nitrogens with two attached hydrogens (primary N) is 1. The van der Waals surface area contributed by atoms with Gasteiger partial charge in [-0.3, -0.25) is 0 Å². The van der Waals surface area contributed by atoms with Crippen molar-refractivity contribution in [2.45, 2.75) is 46.0 Å². The fourth-order valence-corrected chi connectivity index (χ4v) is 2.64. The van der Waals surface area contributed by atoms with E-state index < -0.39 is 0 Å². The summed E-state index contributed by atoms with van der Waals surface area (Å²) in [6, 6.07) is 0. The topological polar surface area (TPSA) is 35.2 Å². The summed E-state index contributed by atoms with van der Waals surface area (Å²) in [6.45, 7) is 7.23. The van der Waals surface area contributed by atoms with Gasteiger partial charge in [-0.25, -0.2) is 0 Å². The summed E-state index contributed by atoms with van der Waals surface area (Å²) in [6.07, 6.45) is 6.53. The Bertz CT molecular complexity index is 161. The van der Waals surface area contributed by atoms with Crippen molar-refractivity contribution in [3.63, 3.8) is 0 Å². The normalized spacial score (nSPS) is 28.2. The van der Waals surface area contributed by atoms with Crippen molar-refractivity contribution >= 4 is 0 Å². The SMILES string of the molecule is CCCC(C)COCC1CCCC1CN. The third-order valence-electron chi connectivity index (χ3n) is 3.64. The molecule has 0 aromatic carbocycles. The molecule has 0 aliphatic heterocycles. The average molecular weight is 213 g/mol. The van der Waals surface area contributed by atoms with Gasteiger partial charge in [0.25, 0.3) is 0 Å². The highest BCUT2D eigenvalue weighted by molar-refractivity contribution is 4.77. The number of rotatable bonds is 7. The van der Waals surface area contributed by atoms with Gasteiger partial charge in [-0.1, -0.05) is 26.7 Å². The Labute approximate surface area is 94.6 Å². The predicted molar refractivity (Wildman–Crippen MR) is 64.8 cm³/mol. The average Bonchev–Trinajstić information content (AvgIpc) is 2.66. The molecule has 0 saturated heterocycles. The van der Waals surface area contributed by atoms with Crippen LogP contribution < -0.4 is 5.73 Å². The van der Waals surface area contributed by atoms with E-state index in [1.54, 1.807) is 0 Å². The van der Waals surface area contributed by atoms with Gasteiger partial charge in [0.1, 0.15) is 0 Å². The predicted octanol–water partition coefficient (Wildman–Crippen LogP) is 2.81. The molecule has 15 heavy (non-hydrogen) atoms. The molecular formula is C13H27NO. The van der Waals surface area contributed by atoms with Crippen LogP contribution >= 0.6 is 0 Å². The lowest BCUT2D eigenvalue weighted by Gasteiger charge is -2.19. The largest absolute Gasteiger partial charge is 0.381 e. The van der Waals surface area contributed by atoms with Crippen molar-refractivity contribution in [1.29, 1.82) is 0 Å². The second-order valence-electron chi connectivity index (χ2n) is 5.12.